The molecule has 0 radical (unpaired) electrons. The van der Waals surface area contributed by atoms with Crippen LogP contribution < -0.4 is 14.5 Å². The zero-order valence-electron chi connectivity index (χ0n) is 50.2. The van der Waals surface area contributed by atoms with E-state index in [1.807, 2.05) is 6.20 Å². The van der Waals surface area contributed by atoms with Crippen LogP contribution in [0.4, 0.5) is 34.3 Å². The molecule has 0 atom stereocenters. The van der Waals surface area contributed by atoms with Crippen molar-refractivity contribution in [3.8, 4) is 45.1 Å². The Bertz CT molecular complexity index is 4530. The second-order valence-corrected chi connectivity index (χ2v) is 27.1. The van der Waals surface area contributed by atoms with Gasteiger partial charge in [0.15, 0.2) is 0 Å². The minimum absolute atomic E-state index is 0.0381. The SMILES string of the molecule is CC(C)(C)c1cc(-n2[c](=[Pt])n(-c3cccc(Oc4ccc5c(c4)N(c4cc(C(C)(C)C)ccn4)c4ccccc4C54c5cc(-c6ccccc6)ccc5N(c5ccccc5)c5ccc(-c6ccccc6)cc54)c3)c3ccccc32)cc(C(C)(C)C)c1. The zero-order valence-corrected chi connectivity index (χ0v) is 52.5. The Balaban J connectivity index is 1.00. The molecule has 426 valence electrons. The second kappa shape index (κ2) is 20.9. The molecule has 10 aromatic carbocycles. The number of imidazole rings is 1. The van der Waals surface area contributed by atoms with E-state index < -0.39 is 5.41 Å². The molecule has 6 nitrogen and oxygen atoms in total. The van der Waals surface area contributed by atoms with Gasteiger partial charge in [-0.25, -0.2) is 0 Å². The third-order valence-corrected chi connectivity index (χ3v) is 18.5. The molecule has 7 heteroatoms. The van der Waals surface area contributed by atoms with Gasteiger partial charge in [0.05, 0.1) is 11.4 Å². The number of hydrogen-bond donors (Lipinski definition) is 0. The standard InChI is InChI=1S/C79H69N5O.Pt/c1-76(2,3)57-42-43-80-75(49-57)84-69-33-20-19-32-65(69)79(67-44-55(53-24-13-10-14-25-53)36-40-70(67)83(60-28-17-12-18-29-60)71-41-37-56(45-68(71)79)54-26-15-11-16-27-54)66-39-38-64(51-74(66)84)85-63-31-23-30-61(50-63)81-52-82(73-35-22-21-34-72(73)81)62-47-58(77(4,5)6)46-59(48-62)78(7,8)9;/h10-51H,1-9H3;. The van der Waals surface area contributed by atoms with Crippen LogP contribution in [0.5, 0.6) is 11.5 Å². The summed E-state index contributed by atoms with van der Waals surface area (Å²) in [5.74, 6) is 2.27. The van der Waals surface area contributed by atoms with Gasteiger partial charge in [-0.05, 0) is 75.7 Å². The molecule has 2 aliphatic heterocycles. The maximum absolute atomic E-state index is 7.27. The van der Waals surface area contributed by atoms with Crippen LogP contribution in [0.1, 0.15) is 101 Å². The van der Waals surface area contributed by atoms with Crippen LogP contribution >= 0.6 is 0 Å². The predicted octanol–water partition coefficient (Wildman–Crippen LogP) is 20.9. The van der Waals surface area contributed by atoms with Crippen LogP contribution in [-0.2, 0) is 41.0 Å². The van der Waals surface area contributed by atoms with Crippen molar-refractivity contribution in [3.63, 3.8) is 0 Å². The van der Waals surface area contributed by atoms with E-state index in [0.717, 1.165) is 99.6 Å². The first-order chi connectivity index (χ1) is 41.4. The summed E-state index contributed by atoms with van der Waals surface area (Å²) in [5, 5.41) is 0. The van der Waals surface area contributed by atoms with Crippen molar-refractivity contribution < 1.29 is 24.1 Å². The Kier molecular flexibility index (Phi) is 13.3. The fraction of sp³-hybridized carbons (Fsp3) is 0.165. The van der Waals surface area contributed by atoms with E-state index in [4.69, 9.17) is 9.72 Å². The van der Waals surface area contributed by atoms with Gasteiger partial charge in [-0.1, -0.05) is 130 Å². The van der Waals surface area contributed by atoms with Gasteiger partial charge in [-0.2, -0.15) is 0 Å². The van der Waals surface area contributed by atoms with Gasteiger partial charge in [-0.3, -0.25) is 0 Å². The van der Waals surface area contributed by atoms with E-state index in [-0.39, 0.29) is 16.2 Å². The summed E-state index contributed by atoms with van der Waals surface area (Å²) in [6, 6.07) is 91.3. The number of pyridine rings is 1. The Labute approximate surface area is 516 Å². The van der Waals surface area contributed by atoms with Crippen molar-refractivity contribution in [2.45, 2.75) is 84.0 Å². The van der Waals surface area contributed by atoms with Gasteiger partial charge in [0.25, 0.3) is 0 Å². The number of para-hydroxylation sites is 4. The van der Waals surface area contributed by atoms with Crippen LogP contribution in [0.2, 0.25) is 0 Å². The summed E-state index contributed by atoms with van der Waals surface area (Å²) in [4.78, 5) is 10.1. The van der Waals surface area contributed by atoms with E-state index in [1.165, 1.54) is 27.8 Å². The molecular formula is C79H69N5OPt. The molecular weight excluding hydrogens is 1230 g/mol. The first-order valence-electron chi connectivity index (χ1n) is 29.8. The third kappa shape index (κ3) is 9.29. The fourth-order valence-electron chi connectivity index (χ4n) is 13.0. The van der Waals surface area contributed by atoms with Gasteiger partial charge in [0.1, 0.15) is 0 Å². The molecule has 0 saturated carbocycles. The number of ether oxygens (including phenoxy) is 1. The third-order valence-electron chi connectivity index (χ3n) is 17.4. The molecule has 0 saturated heterocycles. The summed E-state index contributed by atoms with van der Waals surface area (Å²) < 4.78 is 13.1. The number of anilines is 6. The fourth-order valence-corrected chi connectivity index (χ4v) is 14.1. The number of aromatic nitrogens is 3. The molecule has 1 spiro atoms. The number of nitrogens with zero attached hydrogens (tertiary/aromatic N) is 5. The first kappa shape index (κ1) is 54.8. The maximum atomic E-state index is 7.27. The van der Waals surface area contributed by atoms with Crippen molar-refractivity contribution in [3.05, 3.63) is 298 Å². The number of rotatable bonds is 8. The van der Waals surface area contributed by atoms with Crippen molar-refractivity contribution >= 4 is 45.3 Å². The van der Waals surface area contributed by atoms with Crippen LogP contribution in [0.15, 0.2) is 255 Å². The Morgan fingerprint density at radius 1 is 0.349 bits per heavy atom. The Morgan fingerprint density at radius 3 is 1.44 bits per heavy atom. The van der Waals surface area contributed by atoms with Gasteiger partial charge in [0, 0.05) is 11.9 Å². The molecule has 0 fully saturated rings. The monoisotopic (exact) mass is 1300 g/mol. The quantitative estimate of drug-likeness (QED) is 0.152. The number of hydrogen-bond acceptors (Lipinski definition) is 4. The molecule has 0 bridgehead atoms. The van der Waals surface area contributed by atoms with Crippen LogP contribution in [-0.4, -0.2) is 14.1 Å². The summed E-state index contributed by atoms with van der Waals surface area (Å²) in [5.41, 5.74) is 21.7. The molecule has 2 aliphatic rings. The average Bonchev–Trinajstić information content (AvgIpc) is 0.802. The molecule has 4 heterocycles. The normalized spacial score (nSPS) is 13.5. The zero-order chi connectivity index (χ0) is 59.3. The van der Waals surface area contributed by atoms with Gasteiger partial charge < -0.3 is 4.90 Å². The van der Waals surface area contributed by atoms with Gasteiger partial charge in [0.2, 0.25) is 0 Å². The average molecular weight is 1300 g/mol. The van der Waals surface area contributed by atoms with E-state index in [1.54, 1.807) is 0 Å². The molecule has 0 N–H and O–H groups in total. The van der Waals surface area contributed by atoms with Crippen LogP contribution in [0, 0.1) is 3.80 Å². The molecule has 2 aromatic heterocycles. The van der Waals surface area contributed by atoms with E-state index in [9.17, 15) is 0 Å². The van der Waals surface area contributed by atoms with Gasteiger partial charge >= 0.3 is 286 Å². The van der Waals surface area contributed by atoms with Gasteiger partial charge in [-0.15, -0.1) is 0 Å². The van der Waals surface area contributed by atoms with Crippen molar-refractivity contribution in [1.29, 1.82) is 0 Å². The van der Waals surface area contributed by atoms with Crippen molar-refractivity contribution in [2.24, 2.45) is 0 Å². The van der Waals surface area contributed by atoms with Crippen LogP contribution in [0.3, 0.4) is 0 Å². The summed E-state index contributed by atoms with van der Waals surface area (Å²) >= 11 is 2.52. The molecule has 0 unspecified atom stereocenters. The number of benzene rings is 10. The molecule has 14 rings (SSSR count). The predicted molar refractivity (Wildman–Crippen MR) is 352 cm³/mol. The minimum atomic E-state index is -0.865. The summed E-state index contributed by atoms with van der Waals surface area (Å²) in [6.07, 6.45) is 1.97. The molecule has 0 amide bonds. The van der Waals surface area contributed by atoms with E-state index in [0.29, 0.717) is 5.75 Å². The van der Waals surface area contributed by atoms with Crippen molar-refractivity contribution in [2.75, 3.05) is 9.80 Å². The van der Waals surface area contributed by atoms with Crippen LogP contribution in [0.25, 0.3) is 44.7 Å². The Morgan fingerprint density at radius 2 is 0.849 bits per heavy atom. The van der Waals surface area contributed by atoms with E-state index >= 15 is 0 Å². The second-order valence-electron chi connectivity index (χ2n) is 26.1. The molecule has 12 aromatic rings. The topological polar surface area (TPSA) is 38.5 Å². The number of fused-ring (bicyclic) bond motifs is 9. The summed E-state index contributed by atoms with van der Waals surface area (Å²) in [7, 11) is 0. The molecule has 86 heavy (non-hydrogen) atoms. The first-order valence-corrected chi connectivity index (χ1v) is 31.0. The van der Waals surface area contributed by atoms with E-state index in [2.05, 4.69) is 349 Å². The Hall–Kier alpha value is -9.09. The molecule has 0 aliphatic carbocycles. The van der Waals surface area contributed by atoms with Crippen molar-refractivity contribution in [1.82, 2.24) is 14.1 Å². The summed E-state index contributed by atoms with van der Waals surface area (Å²) in [6.45, 7) is 20.6.